The summed E-state index contributed by atoms with van der Waals surface area (Å²) in [6, 6.07) is 0. The Morgan fingerprint density at radius 2 is 1.21 bits per heavy atom. The van der Waals surface area contributed by atoms with Gasteiger partial charge in [0.25, 0.3) is 11.8 Å². The van der Waals surface area contributed by atoms with Gasteiger partial charge >= 0.3 is 6.09 Å². The monoisotopic (exact) mass is 468 g/mol. The molecule has 0 aromatic rings. The first kappa shape index (κ1) is 25.7. The van der Waals surface area contributed by atoms with E-state index in [1.807, 2.05) is 25.7 Å². The molecule has 10 heteroatoms. The van der Waals surface area contributed by atoms with Gasteiger partial charge in [0.15, 0.2) is 0 Å². The van der Waals surface area contributed by atoms with Gasteiger partial charge in [-0.2, -0.15) is 0 Å². The van der Waals surface area contributed by atoms with Crippen LogP contribution in [0.2, 0.25) is 0 Å². The molecule has 0 spiro atoms. The Balaban J connectivity index is 0.000000203. The number of ether oxygens (including phenoxy) is 3. The lowest BCUT2D eigenvalue weighted by atomic mass is 10.2. The van der Waals surface area contributed by atoms with Gasteiger partial charge in [-0.05, 0) is 46.5 Å². The van der Waals surface area contributed by atoms with E-state index in [-0.39, 0.29) is 30.1 Å². The highest BCUT2D eigenvalue weighted by atomic mass is 16.6. The number of rotatable bonds is 2. The Bertz CT molecular complexity index is 656. The van der Waals surface area contributed by atoms with Gasteiger partial charge in [-0.3, -0.25) is 9.59 Å². The Hall–Kier alpha value is -1.91. The van der Waals surface area contributed by atoms with Crippen LogP contribution in [0.5, 0.6) is 0 Å². The van der Waals surface area contributed by atoms with Crippen molar-refractivity contribution in [1.82, 2.24) is 20.0 Å². The van der Waals surface area contributed by atoms with Crippen LogP contribution in [0.3, 0.4) is 0 Å². The summed E-state index contributed by atoms with van der Waals surface area (Å²) in [5.74, 6) is 0.255. The summed E-state index contributed by atoms with van der Waals surface area (Å²) in [6.07, 6.45) is 2.98. The van der Waals surface area contributed by atoms with Gasteiger partial charge < -0.3 is 34.2 Å². The van der Waals surface area contributed by atoms with E-state index in [1.165, 1.54) is 0 Å². The predicted octanol–water partition coefficient (Wildman–Crippen LogP) is 0.842. The van der Waals surface area contributed by atoms with E-state index in [0.717, 1.165) is 58.5 Å². The SMILES string of the molecule is CC(C)(C)OC(=O)N1CCN(C(=O)[C@H]2CCCO2)CC1.O=C([C@H]1CCCO1)N1CCNCC1. The summed E-state index contributed by atoms with van der Waals surface area (Å²) in [5.41, 5.74) is -0.484. The highest BCUT2D eigenvalue weighted by Gasteiger charge is 2.32. The van der Waals surface area contributed by atoms with Crippen LogP contribution in [0, 0.1) is 0 Å². The van der Waals surface area contributed by atoms with Gasteiger partial charge in [0.2, 0.25) is 0 Å². The fraction of sp³-hybridized carbons (Fsp3) is 0.870. The number of amides is 3. The quantitative estimate of drug-likeness (QED) is 0.641. The van der Waals surface area contributed by atoms with Crippen LogP contribution in [0.1, 0.15) is 46.5 Å². The van der Waals surface area contributed by atoms with Gasteiger partial charge in [-0.25, -0.2) is 4.79 Å². The summed E-state index contributed by atoms with van der Waals surface area (Å²) in [5, 5.41) is 3.23. The molecular weight excluding hydrogens is 428 g/mol. The minimum atomic E-state index is -0.484. The third-order valence-corrected chi connectivity index (χ3v) is 6.08. The lowest BCUT2D eigenvalue weighted by Gasteiger charge is -2.36. The fourth-order valence-corrected chi connectivity index (χ4v) is 4.27. The third-order valence-electron chi connectivity index (χ3n) is 6.08. The van der Waals surface area contributed by atoms with Crippen molar-refractivity contribution in [2.45, 2.75) is 64.3 Å². The first-order chi connectivity index (χ1) is 15.7. The van der Waals surface area contributed by atoms with Crippen molar-refractivity contribution in [2.24, 2.45) is 0 Å². The Morgan fingerprint density at radius 3 is 1.64 bits per heavy atom. The number of nitrogens with zero attached hydrogens (tertiary/aromatic N) is 3. The summed E-state index contributed by atoms with van der Waals surface area (Å²) < 4.78 is 16.1. The van der Waals surface area contributed by atoms with Crippen molar-refractivity contribution in [3.05, 3.63) is 0 Å². The van der Waals surface area contributed by atoms with Gasteiger partial charge in [0, 0.05) is 65.6 Å². The largest absolute Gasteiger partial charge is 0.444 e. The van der Waals surface area contributed by atoms with Crippen molar-refractivity contribution >= 4 is 17.9 Å². The predicted molar refractivity (Wildman–Crippen MR) is 122 cm³/mol. The molecule has 0 radical (unpaired) electrons. The Morgan fingerprint density at radius 1 is 0.758 bits per heavy atom. The second-order valence-corrected chi connectivity index (χ2v) is 9.87. The first-order valence-corrected chi connectivity index (χ1v) is 12.2. The Labute approximate surface area is 196 Å². The summed E-state index contributed by atoms with van der Waals surface area (Å²) >= 11 is 0. The molecule has 0 aromatic heterocycles. The van der Waals surface area contributed by atoms with Crippen LogP contribution in [-0.2, 0) is 23.8 Å². The minimum Gasteiger partial charge on any atom is -0.444 e. The van der Waals surface area contributed by atoms with Crippen molar-refractivity contribution < 1.29 is 28.6 Å². The van der Waals surface area contributed by atoms with Crippen molar-refractivity contribution in [1.29, 1.82) is 0 Å². The Kier molecular flexibility index (Phi) is 9.34. The number of carbonyl (C=O) groups excluding carboxylic acids is 3. The number of nitrogens with one attached hydrogen (secondary N) is 1. The summed E-state index contributed by atoms with van der Waals surface area (Å²) in [4.78, 5) is 41.2. The molecular formula is C23H40N4O6. The standard InChI is InChI=1S/C14H24N2O4.C9H16N2O2/c1-14(2,3)20-13(18)16-8-6-15(7-9-16)12(17)11-5-4-10-19-11;12-9(8-2-1-7-13-8)11-5-3-10-4-6-11/h11H,4-10H2,1-3H3;8,10H,1-7H2/t11-;8-/m11/s1. The first-order valence-electron chi connectivity index (χ1n) is 12.2. The van der Waals surface area contributed by atoms with Crippen molar-refractivity contribution in [3.63, 3.8) is 0 Å². The maximum Gasteiger partial charge on any atom is 0.410 e. The van der Waals surface area contributed by atoms with E-state index in [0.29, 0.717) is 32.8 Å². The zero-order valence-electron chi connectivity index (χ0n) is 20.3. The van der Waals surface area contributed by atoms with Gasteiger partial charge in [0.1, 0.15) is 17.8 Å². The molecule has 3 amide bonds. The van der Waals surface area contributed by atoms with E-state index in [9.17, 15) is 14.4 Å². The maximum atomic E-state index is 12.2. The highest BCUT2D eigenvalue weighted by molar-refractivity contribution is 5.82. The molecule has 0 bridgehead atoms. The average molecular weight is 469 g/mol. The molecule has 188 valence electrons. The van der Waals surface area contributed by atoms with Crippen molar-refractivity contribution in [2.75, 3.05) is 65.6 Å². The number of piperazine rings is 2. The van der Waals surface area contributed by atoms with Crippen molar-refractivity contribution in [3.8, 4) is 0 Å². The van der Waals surface area contributed by atoms with E-state index >= 15 is 0 Å². The minimum absolute atomic E-state index is 0.0614. The second-order valence-electron chi connectivity index (χ2n) is 9.87. The molecule has 4 heterocycles. The molecule has 33 heavy (non-hydrogen) atoms. The molecule has 4 rings (SSSR count). The molecule has 4 saturated heterocycles. The number of carbonyl (C=O) groups is 3. The molecule has 0 unspecified atom stereocenters. The van der Waals surface area contributed by atoms with Gasteiger partial charge in [-0.15, -0.1) is 0 Å². The second kappa shape index (κ2) is 12.0. The summed E-state index contributed by atoms with van der Waals surface area (Å²) in [6.45, 7) is 12.6. The molecule has 2 atom stereocenters. The zero-order chi connectivity index (χ0) is 23.8. The fourth-order valence-electron chi connectivity index (χ4n) is 4.27. The van der Waals surface area contributed by atoms with Crippen LogP contribution in [0.15, 0.2) is 0 Å². The van der Waals surface area contributed by atoms with Crippen LogP contribution < -0.4 is 5.32 Å². The van der Waals surface area contributed by atoms with Crippen LogP contribution in [0.25, 0.3) is 0 Å². The molecule has 4 aliphatic heterocycles. The molecule has 0 aromatic carbocycles. The van der Waals surface area contributed by atoms with E-state index in [1.54, 1.807) is 9.80 Å². The third kappa shape index (κ3) is 7.82. The zero-order valence-corrected chi connectivity index (χ0v) is 20.3. The van der Waals surface area contributed by atoms with Gasteiger partial charge in [-0.1, -0.05) is 0 Å². The number of hydrogen-bond acceptors (Lipinski definition) is 7. The number of hydrogen-bond donors (Lipinski definition) is 1. The average Bonchev–Trinajstić information content (AvgIpc) is 3.53. The van der Waals surface area contributed by atoms with Gasteiger partial charge in [0.05, 0.1) is 0 Å². The molecule has 0 saturated carbocycles. The molecule has 4 aliphatic rings. The van der Waals surface area contributed by atoms with E-state index < -0.39 is 5.60 Å². The van der Waals surface area contributed by atoms with E-state index in [2.05, 4.69) is 5.32 Å². The maximum absolute atomic E-state index is 12.2. The van der Waals surface area contributed by atoms with Crippen LogP contribution in [-0.4, -0.2) is 116 Å². The summed E-state index contributed by atoms with van der Waals surface area (Å²) in [7, 11) is 0. The smallest absolute Gasteiger partial charge is 0.410 e. The lowest BCUT2D eigenvalue weighted by molar-refractivity contribution is -0.142. The normalized spacial score (nSPS) is 26.0. The molecule has 0 aliphatic carbocycles. The lowest BCUT2D eigenvalue weighted by Crippen LogP contribution is -2.53. The molecule has 10 nitrogen and oxygen atoms in total. The highest BCUT2D eigenvalue weighted by Crippen LogP contribution is 2.17. The molecule has 4 fully saturated rings. The van der Waals surface area contributed by atoms with Crippen LogP contribution >= 0.6 is 0 Å². The van der Waals surface area contributed by atoms with Crippen LogP contribution in [0.4, 0.5) is 4.79 Å². The molecule has 1 N–H and O–H groups in total. The topological polar surface area (TPSA) is 101 Å². The van der Waals surface area contributed by atoms with E-state index in [4.69, 9.17) is 14.2 Å².